The first-order valence-electron chi connectivity index (χ1n) is 7.84. The Hall–Kier alpha value is -1.89. The summed E-state index contributed by atoms with van der Waals surface area (Å²) in [5.74, 6) is -0.858. The van der Waals surface area contributed by atoms with E-state index < -0.39 is 5.97 Å². The van der Waals surface area contributed by atoms with Crippen molar-refractivity contribution in [3.05, 3.63) is 17.5 Å². The van der Waals surface area contributed by atoms with Gasteiger partial charge in [-0.1, -0.05) is 0 Å². The Balaban J connectivity index is 2.00. The van der Waals surface area contributed by atoms with E-state index in [2.05, 4.69) is 35.9 Å². The van der Waals surface area contributed by atoms with Gasteiger partial charge in [-0.2, -0.15) is 5.10 Å². The number of hydrogen-bond donors (Lipinski definition) is 1. The van der Waals surface area contributed by atoms with Crippen molar-refractivity contribution >= 4 is 11.9 Å². The zero-order valence-electron chi connectivity index (χ0n) is 14.2. The number of esters is 1. The van der Waals surface area contributed by atoms with Gasteiger partial charge in [0.2, 0.25) is 0 Å². The van der Waals surface area contributed by atoms with Gasteiger partial charge in [0, 0.05) is 18.4 Å². The Morgan fingerprint density at radius 1 is 1.39 bits per heavy atom. The van der Waals surface area contributed by atoms with Gasteiger partial charge in [-0.25, -0.2) is 4.79 Å². The minimum atomic E-state index is -0.549. The second-order valence-electron chi connectivity index (χ2n) is 6.74. The lowest BCUT2D eigenvalue weighted by atomic mass is 9.92. The van der Waals surface area contributed by atoms with Gasteiger partial charge in [-0.05, 0) is 40.0 Å². The molecule has 0 spiro atoms. The third kappa shape index (κ3) is 4.31. The van der Waals surface area contributed by atoms with E-state index in [1.165, 1.54) is 12.8 Å². The highest BCUT2D eigenvalue weighted by atomic mass is 16.6. The van der Waals surface area contributed by atoms with Gasteiger partial charge in [0.05, 0.1) is 17.8 Å². The molecule has 1 aromatic heterocycles. The molecule has 0 aromatic carbocycles. The number of fused-ring (bicyclic) bond motifs is 1. The maximum atomic E-state index is 12.0. The Morgan fingerprint density at radius 3 is 2.78 bits per heavy atom. The van der Waals surface area contributed by atoms with Crippen molar-refractivity contribution in [1.29, 1.82) is 0 Å². The number of hydrogen-bond acceptors (Lipinski definition) is 5. The summed E-state index contributed by atoms with van der Waals surface area (Å²) in [6, 6.07) is -0.0801. The largest absolute Gasteiger partial charge is 0.454 e. The van der Waals surface area contributed by atoms with Crippen molar-refractivity contribution in [2.75, 3.05) is 20.3 Å². The molecule has 1 amide bonds. The quantitative estimate of drug-likeness (QED) is 0.827. The highest BCUT2D eigenvalue weighted by molar-refractivity contribution is 5.81. The SMILES string of the molecule is COCC(=O)OCC(=O)N[C@H]1CCCc2c1cnn2C(C)(C)C. The van der Waals surface area contributed by atoms with Gasteiger partial charge >= 0.3 is 5.97 Å². The zero-order chi connectivity index (χ0) is 17.0. The molecule has 2 rings (SSSR count). The van der Waals surface area contributed by atoms with Gasteiger partial charge in [0.1, 0.15) is 6.61 Å². The van der Waals surface area contributed by atoms with Gasteiger partial charge < -0.3 is 14.8 Å². The number of rotatable bonds is 5. The van der Waals surface area contributed by atoms with Crippen LogP contribution < -0.4 is 5.32 Å². The molecule has 0 saturated carbocycles. The summed E-state index contributed by atoms with van der Waals surface area (Å²) in [6.45, 7) is 5.88. The van der Waals surface area contributed by atoms with Crippen molar-refractivity contribution in [2.45, 2.75) is 51.6 Å². The van der Waals surface area contributed by atoms with Crippen LogP contribution in [0, 0.1) is 0 Å². The van der Waals surface area contributed by atoms with E-state index in [4.69, 9.17) is 4.74 Å². The molecule has 1 aliphatic rings. The fraction of sp³-hybridized carbons (Fsp3) is 0.688. The number of nitrogens with zero attached hydrogens (tertiary/aromatic N) is 2. The van der Waals surface area contributed by atoms with Crippen LogP contribution >= 0.6 is 0 Å². The number of nitrogens with one attached hydrogen (secondary N) is 1. The summed E-state index contributed by atoms with van der Waals surface area (Å²) in [7, 11) is 1.40. The monoisotopic (exact) mass is 323 g/mol. The third-order valence-corrected chi connectivity index (χ3v) is 3.78. The van der Waals surface area contributed by atoms with E-state index in [9.17, 15) is 9.59 Å². The molecule has 1 aromatic rings. The molecule has 23 heavy (non-hydrogen) atoms. The molecule has 0 aliphatic heterocycles. The zero-order valence-corrected chi connectivity index (χ0v) is 14.2. The first-order valence-corrected chi connectivity index (χ1v) is 7.84. The van der Waals surface area contributed by atoms with Crippen LogP contribution in [0.3, 0.4) is 0 Å². The second kappa shape index (κ2) is 7.12. The first-order chi connectivity index (χ1) is 10.8. The number of ether oxygens (including phenoxy) is 2. The van der Waals surface area contributed by atoms with Crippen LogP contribution in [0.1, 0.15) is 50.9 Å². The predicted octanol–water partition coefficient (Wildman–Crippen LogP) is 1.32. The van der Waals surface area contributed by atoms with E-state index in [0.717, 1.165) is 24.8 Å². The number of carbonyl (C=O) groups is 2. The van der Waals surface area contributed by atoms with Crippen LogP contribution in [0.5, 0.6) is 0 Å². The maximum absolute atomic E-state index is 12.0. The van der Waals surface area contributed by atoms with Gasteiger partial charge in [-0.3, -0.25) is 9.48 Å². The molecule has 0 saturated heterocycles. The van der Waals surface area contributed by atoms with Crippen molar-refractivity contribution in [2.24, 2.45) is 0 Å². The molecule has 7 nitrogen and oxygen atoms in total. The van der Waals surface area contributed by atoms with Crippen molar-refractivity contribution < 1.29 is 19.1 Å². The molecule has 1 heterocycles. The van der Waals surface area contributed by atoms with Crippen LogP contribution in [0.25, 0.3) is 0 Å². The van der Waals surface area contributed by atoms with Crippen LogP contribution in [0.4, 0.5) is 0 Å². The van der Waals surface area contributed by atoms with E-state index >= 15 is 0 Å². The first kappa shape index (κ1) is 17.5. The highest BCUT2D eigenvalue weighted by Crippen LogP contribution is 2.32. The molecular weight excluding hydrogens is 298 g/mol. The lowest BCUT2D eigenvalue weighted by Crippen LogP contribution is -2.35. The molecular formula is C16H25N3O4. The number of aromatic nitrogens is 2. The average molecular weight is 323 g/mol. The number of carbonyl (C=O) groups excluding carboxylic acids is 2. The molecule has 0 fully saturated rings. The van der Waals surface area contributed by atoms with Crippen LogP contribution in [0.15, 0.2) is 6.20 Å². The third-order valence-electron chi connectivity index (χ3n) is 3.78. The van der Waals surface area contributed by atoms with Gasteiger partial charge in [0.25, 0.3) is 5.91 Å². The molecule has 1 aliphatic carbocycles. The smallest absolute Gasteiger partial charge is 0.332 e. The van der Waals surface area contributed by atoms with Gasteiger partial charge in [-0.15, -0.1) is 0 Å². The van der Waals surface area contributed by atoms with E-state index in [1.54, 1.807) is 0 Å². The average Bonchev–Trinajstić information content (AvgIpc) is 2.90. The van der Waals surface area contributed by atoms with Crippen molar-refractivity contribution in [3.8, 4) is 0 Å². The Kier molecular flexibility index (Phi) is 5.41. The Morgan fingerprint density at radius 2 is 2.13 bits per heavy atom. The predicted molar refractivity (Wildman–Crippen MR) is 83.9 cm³/mol. The van der Waals surface area contributed by atoms with Gasteiger partial charge in [0.15, 0.2) is 6.61 Å². The molecule has 0 unspecified atom stereocenters. The molecule has 7 heteroatoms. The summed E-state index contributed by atoms with van der Waals surface area (Å²) >= 11 is 0. The lowest BCUT2D eigenvalue weighted by Gasteiger charge is -2.28. The van der Waals surface area contributed by atoms with Crippen molar-refractivity contribution in [1.82, 2.24) is 15.1 Å². The highest BCUT2D eigenvalue weighted by Gasteiger charge is 2.29. The van der Waals surface area contributed by atoms with Crippen LogP contribution in [-0.4, -0.2) is 42.0 Å². The van der Waals surface area contributed by atoms with Crippen LogP contribution in [0.2, 0.25) is 0 Å². The fourth-order valence-electron chi connectivity index (χ4n) is 2.83. The summed E-state index contributed by atoms with van der Waals surface area (Å²) in [5, 5.41) is 7.42. The molecule has 1 N–H and O–H groups in total. The fourth-order valence-corrected chi connectivity index (χ4v) is 2.83. The van der Waals surface area contributed by atoms with E-state index in [1.807, 2.05) is 10.9 Å². The Labute approximate surface area is 136 Å². The minimum Gasteiger partial charge on any atom is -0.454 e. The standard InChI is InChI=1S/C16H25N3O4/c1-16(2,3)19-13-7-5-6-12(11(13)8-17-19)18-14(20)9-23-15(21)10-22-4/h8,12H,5-7,9-10H2,1-4H3,(H,18,20)/t12-/m0/s1. The molecule has 0 bridgehead atoms. The lowest BCUT2D eigenvalue weighted by molar-refractivity contribution is -0.152. The number of methoxy groups -OCH3 is 1. The second-order valence-corrected chi connectivity index (χ2v) is 6.74. The number of amides is 1. The summed E-state index contributed by atoms with van der Waals surface area (Å²) in [4.78, 5) is 23.2. The van der Waals surface area contributed by atoms with Crippen molar-refractivity contribution in [3.63, 3.8) is 0 Å². The molecule has 0 radical (unpaired) electrons. The van der Waals surface area contributed by atoms with E-state index in [0.29, 0.717) is 0 Å². The summed E-state index contributed by atoms with van der Waals surface area (Å²) < 4.78 is 11.5. The summed E-state index contributed by atoms with van der Waals surface area (Å²) in [6.07, 6.45) is 4.65. The minimum absolute atomic E-state index is 0.0801. The summed E-state index contributed by atoms with van der Waals surface area (Å²) in [5.41, 5.74) is 2.14. The normalized spacial score (nSPS) is 17.5. The molecule has 128 valence electrons. The van der Waals surface area contributed by atoms with Crippen LogP contribution in [-0.2, 0) is 31.0 Å². The Bertz CT molecular complexity index is 574. The maximum Gasteiger partial charge on any atom is 0.332 e. The van der Waals surface area contributed by atoms with E-state index in [-0.39, 0.29) is 30.7 Å². The topological polar surface area (TPSA) is 82.4 Å². The molecule has 1 atom stereocenters.